The summed E-state index contributed by atoms with van der Waals surface area (Å²) in [5.74, 6) is 6.22. The van der Waals surface area contributed by atoms with Gasteiger partial charge in [0.15, 0.2) is 0 Å². The highest BCUT2D eigenvalue weighted by Crippen LogP contribution is 2.07. The summed E-state index contributed by atoms with van der Waals surface area (Å²) in [6.45, 7) is 2.12. The molecule has 0 bridgehead atoms. The number of allylic oxidation sites excluding steroid dienone is 1. The molecule has 20 heavy (non-hydrogen) atoms. The van der Waals surface area contributed by atoms with Crippen molar-refractivity contribution in [3.63, 3.8) is 0 Å². The molecular formula is C19H15N. The van der Waals surface area contributed by atoms with Crippen LogP contribution in [0, 0.1) is 23.2 Å². The van der Waals surface area contributed by atoms with Crippen molar-refractivity contribution in [1.29, 1.82) is 5.26 Å². The highest BCUT2D eigenvalue weighted by Gasteiger charge is 1.91. The van der Waals surface area contributed by atoms with Gasteiger partial charge in [-0.05, 0) is 48.4 Å². The number of rotatable bonds is 2. The van der Waals surface area contributed by atoms with Crippen LogP contribution in [-0.4, -0.2) is 0 Å². The number of nitrogens with zero attached hydrogens (tertiary/aromatic N) is 1. The molecule has 96 valence electrons. The maximum Gasteiger partial charge on any atom is 0.0991 e. The quantitative estimate of drug-likeness (QED) is 0.732. The van der Waals surface area contributed by atoms with E-state index in [0.29, 0.717) is 5.56 Å². The Labute approximate surface area is 120 Å². The summed E-state index contributed by atoms with van der Waals surface area (Å²) in [5.41, 5.74) is 3.75. The van der Waals surface area contributed by atoms with Crippen LogP contribution in [0.4, 0.5) is 0 Å². The lowest BCUT2D eigenvalue weighted by molar-refractivity contribution is 1.23. The molecule has 0 saturated heterocycles. The van der Waals surface area contributed by atoms with Crippen molar-refractivity contribution in [1.82, 2.24) is 0 Å². The lowest BCUT2D eigenvalue weighted by atomic mass is 10.1. The van der Waals surface area contributed by atoms with Crippen LogP contribution in [0.25, 0.3) is 6.08 Å². The first-order valence-electron chi connectivity index (χ1n) is 6.60. The van der Waals surface area contributed by atoms with E-state index >= 15 is 0 Å². The summed E-state index contributed by atoms with van der Waals surface area (Å²) >= 11 is 0. The third-order valence-corrected chi connectivity index (χ3v) is 2.82. The summed E-state index contributed by atoms with van der Waals surface area (Å²) in [6.07, 6.45) is 5.29. The zero-order valence-corrected chi connectivity index (χ0v) is 11.4. The van der Waals surface area contributed by atoms with Gasteiger partial charge >= 0.3 is 0 Å². The van der Waals surface area contributed by atoms with Gasteiger partial charge in [-0.1, -0.05) is 43.0 Å². The van der Waals surface area contributed by atoms with Crippen LogP contribution in [0.15, 0.2) is 54.6 Å². The first kappa shape index (κ1) is 13.7. The molecule has 0 aromatic heterocycles. The second-order valence-electron chi connectivity index (χ2n) is 4.37. The van der Waals surface area contributed by atoms with Crippen LogP contribution < -0.4 is 0 Å². The van der Waals surface area contributed by atoms with Crippen LogP contribution in [0.1, 0.15) is 35.6 Å². The molecule has 0 spiro atoms. The fourth-order valence-electron chi connectivity index (χ4n) is 1.70. The maximum absolute atomic E-state index is 8.73. The standard InChI is InChI=1S/C19H15N/c1-2-3-4-16-5-7-17(8-6-16)9-10-18-11-13-19(15-20)14-12-18/h3-8,11-14H,2H2,1H3/b4-3+. The molecular weight excluding hydrogens is 242 g/mol. The molecule has 0 amide bonds. The predicted octanol–water partition coefficient (Wildman–Crippen LogP) is 4.38. The minimum atomic E-state index is 0.655. The molecule has 0 radical (unpaired) electrons. The fourth-order valence-corrected chi connectivity index (χ4v) is 1.70. The molecule has 0 aliphatic heterocycles. The van der Waals surface area contributed by atoms with Crippen molar-refractivity contribution in [2.75, 3.05) is 0 Å². The van der Waals surface area contributed by atoms with Gasteiger partial charge in [0.2, 0.25) is 0 Å². The highest BCUT2D eigenvalue weighted by atomic mass is 14.2. The van der Waals surface area contributed by atoms with Crippen LogP contribution in [0.5, 0.6) is 0 Å². The molecule has 2 aromatic rings. The summed E-state index contributed by atoms with van der Waals surface area (Å²) in [5, 5.41) is 8.73. The zero-order chi connectivity index (χ0) is 14.2. The van der Waals surface area contributed by atoms with E-state index in [1.54, 1.807) is 12.1 Å². The van der Waals surface area contributed by atoms with Crippen molar-refractivity contribution in [3.8, 4) is 17.9 Å². The summed E-state index contributed by atoms with van der Waals surface area (Å²) in [4.78, 5) is 0. The molecule has 1 heteroatoms. The molecule has 0 atom stereocenters. The fraction of sp³-hybridized carbons (Fsp3) is 0.105. The van der Waals surface area contributed by atoms with Crippen molar-refractivity contribution < 1.29 is 0 Å². The predicted molar refractivity (Wildman–Crippen MR) is 82.9 cm³/mol. The second kappa shape index (κ2) is 6.98. The van der Waals surface area contributed by atoms with Crippen molar-refractivity contribution in [3.05, 3.63) is 76.9 Å². The van der Waals surface area contributed by atoms with E-state index in [0.717, 1.165) is 17.5 Å². The largest absolute Gasteiger partial charge is 0.192 e. The maximum atomic E-state index is 8.73. The minimum Gasteiger partial charge on any atom is -0.192 e. The Hall–Kier alpha value is -2.77. The Kier molecular flexibility index (Phi) is 4.76. The molecule has 0 fully saturated rings. The molecule has 0 unspecified atom stereocenters. The van der Waals surface area contributed by atoms with Gasteiger partial charge in [0.05, 0.1) is 11.6 Å². The Morgan fingerprint density at radius 3 is 1.85 bits per heavy atom. The Morgan fingerprint density at radius 2 is 1.35 bits per heavy atom. The van der Waals surface area contributed by atoms with Gasteiger partial charge in [0, 0.05) is 11.1 Å². The number of nitriles is 1. The topological polar surface area (TPSA) is 23.8 Å². The molecule has 0 aliphatic rings. The molecule has 0 saturated carbocycles. The van der Waals surface area contributed by atoms with Crippen molar-refractivity contribution >= 4 is 6.08 Å². The molecule has 0 heterocycles. The van der Waals surface area contributed by atoms with Gasteiger partial charge in [0.25, 0.3) is 0 Å². The van der Waals surface area contributed by atoms with E-state index in [1.807, 2.05) is 24.3 Å². The van der Waals surface area contributed by atoms with Crippen LogP contribution in [0.2, 0.25) is 0 Å². The van der Waals surface area contributed by atoms with Crippen LogP contribution in [0.3, 0.4) is 0 Å². The number of hydrogen-bond donors (Lipinski definition) is 0. The summed E-state index contributed by atoms with van der Waals surface area (Å²) in [6, 6.07) is 17.6. The Balaban J connectivity index is 2.12. The molecule has 2 rings (SSSR count). The van der Waals surface area contributed by atoms with E-state index in [4.69, 9.17) is 5.26 Å². The minimum absolute atomic E-state index is 0.655. The van der Waals surface area contributed by atoms with Crippen molar-refractivity contribution in [2.45, 2.75) is 13.3 Å². The van der Waals surface area contributed by atoms with E-state index in [9.17, 15) is 0 Å². The van der Waals surface area contributed by atoms with Gasteiger partial charge in [-0.3, -0.25) is 0 Å². The van der Waals surface area contributed by atoms with Crippen LogP contribution >= 0.6 is 0 Å². The number of benzene rings is 2. The van der Waals surface area contributed by atoms with Gasteiger partial charge in [-0.2, -0.15) is 5.26 Å². The van der Waals surface area contributed by atoms with Gasteiger partial charge < -0.3 is 0 Å². The lowest BCUT2D eigenvalue weighted by Gasteiger charge is -1.94. The van der Waals surface area contributed by atoms with Gasteiger partial charge in [-0.25, -0.2) is 0 Å². The van der Waals surface area contributed by atoms with Gasteiger partial charge in [0.1, 0.15) is 0 Å². The first-order valence-corrected chi connectivity index (χ1v) is 6.60. The molecule has 0 aliphatic carbocycles. The first-order chi connectivity index (χ1) is 9.81. The smallest absolute Gasteiger partial charge is 0.0991 e. The monoisotopic (exact) mass is 257 g/mol. The molecule has 0 N–H and O–H groups in total. The van der Waals surface area contributed by atoms with E-state index in [1.165, 1.54) is 5.56 Å². The summed E-state index contributed by atoms with van der Waals surface area (Å²) < 4.78 is 0. The van der Waals surface area contributed by atoms with Crippen molar-refractivity contribution in [2.24, 2.45) is 0 Å². The third kappa shape index (κ3) is 3.87. The van der Waals surface area contributed by atoms with Gasteiger partial charge in [-0.15, -0.1) is 0 Å². The highest BCUT2D eigenvalue weighted by molar-refractivity contribution is 5.52. The normalized spacial score (nSPS) is 9.80. The SMILES string of the molecule is CC/C=C/c1ccc(C#Cc2ccc(C#N)cc2)cc1. The van der Waals surface area contributed by atoms with Crippen LogP contribution in [-0.2, 0) is 0 Å². The third-order valence-electron chi connectivity index (χ3n) is 2.82. The van der Waals surface area contributed by atoms with E-state index < -0.39 is 0 Å². The molecule has 2 aromatic carbocycles. The Morgan fingerprint density at radius 1 is 0.850 bits per heavy atom. The molecule has 1 nitrogen and oxygen atoms in total. The average Bonchev–Trinajstić information content (AvgIpc) is 2.52. The summed E-state index contributed by atoms with van der Waals surface area (Å²) in [7, 11) is 0. The average molecular weight is 257 g/mol. The zero-order valence-electron chi connectivity index (χ0n) is 11.4. The Bertz CT molecular complexity index is 687. The van der Waals surface area contributed by atoms with E-state index in [-0.39, 0.29) is 0 Å². The second-order valence-corrected chi connectivity index (χ2v) is 4.37. The number of hydrogen-bond acceptors (Lipinski definition) is 1. The lowest BCUT2D eigenvalue weighted by Crippen LogP contribution is -1.78. The van der Waals surface area contributed by atoms with E-state index in [2.05, 4.69) is 49.1 Å².